The van der Waals surface area contributed by atoms with E-state index in [2.05, 4.69) is 25.9 Å². The van der Waals surface area contributed by atoms with E-state index in [0.29, 0.717) is 59.9 Å². The molecule has 4 aromatic rings. The number of nitrogens with zero attached hydrogens (tertiary/aromatic N) is 7. The first-order valence-electron chi connectivity index (χ1n) is 13.4. The van der Waals surface area contributed by atoms with Crippen molar-refractivity contribution < 1.29 is 36.6 Å². The molecule has 1 aliphatic heterocycles. The van der Waals surface area contributed by atoms with E-state index in [1.807, 2.05) is 4.90 Å². The number of ether oxygens (including phenoxy) is 2. The summed E-state index contributed by atoms with van der Waals surface area (Å²) in [5, 5.41) is 13.8. The number of aromatic nitrogens is 4. The molecule has 0 aromatic carbocycles. The van der Waals surface area contributed by atoms with Gasteiger partial charge in [0, 0.05) is 49.2 Å². The fourth-order valence-electron chi connectivity index (χ4n) is 4.67. The van der Waals surface area contributed by atoms with E-state index in [9.17, 15) is 32.4 Å². The van der Waals surface area contributed by atoms with Crippen molar-refractivity contribution in [3.63, 3.8) is 0 Å². The van der Waals surface area contributed by atoms with Gasteiger partial charge in [0.1, 0.15) is 36.2 Å². The number of anilines is 1. The van der Waals surface area contributed by atoms with Gasteiger partial charge in [0.15, 0.2) is 0 Å². The van der Waals surface area contributed by atoms with Crippen molar-refractivity contribution in [1.29, 1.82) is 5.26 Å². The third kappa shape index (κ3) is 6.86. The summed E-state index contributed by atoms with van der Waals surface area (Å²) in [5.41, 5.74) is 2.43. The maximum Gasteiger partial charge on any atom is 0.490 e. The lowest BCUT2D eigenvalue weighted by Gasteiger charge is -2.35. The summed E-state index contributed by atoms with van der Waals surface area (Å²) in [7, 11) is 0. The largest absolute Gasteiger partial charge is 0.490 e. The quantitative estimate of drug-likeness (QED) is 0.217. The minimum absolute atomic E-state index is 0.0847. The Balaban J connectivity index is 1.27. The third-order valence-corrected chi connectivity index (χ3v) is 6.87. The van der Waals surface area contributed by atoms with Crippen LogP contribution in [0.1, 0.15) is 18.2 Å². The van der Waals surface area contributed by atoms with Crippen LogP contribution in [0.5, 0.6) is 5.75 Å². The molecule has 0 bridgehead atoms. The van der Waals surface area contributed by atoms with Crippen LogP contribution in [-0.4, -0.2) is 81.4 Å². The second-order valence-electron chi connectivity index (χ2n) is 9.99. The van der Waals surface area contributed by atoms with Crippen molar-refractivity contribution in [2.24, 2.45) is 0 Å². The predicted molar refractivity (Wildman–Crippen MR) is 147 cm³/mol. The number of hydrogen-bond acceptors (Lipinski definition) is 9. The van der Waals surface area contributed by atoms with Gasteiger partial charge >= 0.3 is 12.1 Å². The summed E-state index contributed by atoms with van der Waals surface area (Å²) in [5.74, 6) is -1.97. The van der Waals surface area contributed by atoms with E-state index in [1.54, 1.807) is 29.3 Å². The Morgan fingerprint density at radius 1 is 1.07 bits per heavy atom. The fourth-order valence-corrected chi connectivity index (χ4v) is 4.67. The van der Waals surface area contributed by atoms with Gasteiger partial charge in [-0.05, 0) is 37.3 Å². The summed E-state index contributed by atoms with van der Waals surface area (Å²) in [6.07, 6.45) is -0.671. The lowest BCUT2D eigenvalue weighted by atomic mass is 10.1. The van der Waals surface area contributed by atoms with Gasteiger partial charge in [0.2, 0.25) is 5.91 Å². The Kier molecular flexibility index (Phi) is 8.61. The molecule has 1 aliphatic rings. The molecular weight excluding hydrogens is 586 g/mol. The molecule has 15 heteroatoms. The lowest BCUT2D eigenvalue weighted by Crippen LogP contribution is -2.49. The molecule has 0 aliphatic carbocycles. The highest BCUT2D eigenvalue weighted by atomic mass is 19.4. The molecule has 11 nitrogen and oxygen atoms in total. The first kappa shape index (κ1) is 30.2. The van der Waals surface area contributed by atoms with Gasteiger partial charge in [-0.2, -0.15) is 23.5 Å². The minimum Gasteiger partial charge on any atom is -0.488 e. The van der Waals surface area contributed by atoms with E-state index in [0.717, 1.165) is 6.20 Å². The maximum absolute atomic E-state index is 13.1. The zero-order valence-electron chi connectivity index (χ0n) is 23.3. The van der Waals surface area contributed by atoms with Crippen molar-refractivity contribution in [2.45, 2.75) is 25.6 Å². The Bertz CT molecular complexity index is 1690. The van der Waals surface area contributed by atoms with Crippen LogP contribution < -0.4 is 9.64 Å². The van der Waals surface area contributed by atoms with Crippen LogP contribution in [0.3, 0.4) is 0 Å². The smallest absolute Gasteiger partial charge is 0.488 e. The van der Waals surface area contributed by atoms with Crippen LogP contribution in [0.15, 0.2) is 55.1 Å². The molecular formula is C29H25F4N7O4. The average Bonchev–Trinajstić information content (AvgIpc) is 3.43. The normalized spacial score (nSPS) is 14.3. The molecule has 44 heavy (non-hydrogen) atoms. The van der Waals surface area contributed by atoms with Gasteiger partial charge in [-0.25, -0.2) is 18.7 Å². The zero-order valence-corrected chi connectivity index (χ0v) is 23.3. The molecule has 0 N–H and O–H groups in total. The number of rotatable bonds is 8. The molecule has 0 saturated carbocycles. The number of alkyl halides is 3. The first-order valence-corrected chi connectivity index (χ1v) is 13.4. The number of esters is 1. The summed E-state index contributed by atoms with van der Waals surface area (Å²) in [6, 6.07) is 10.1. The van der Waals surface area contributed by atoms with Gasteiger partial charge in [0.05, 0.1) is 36.1 Å². The highest BCUT2D eigenvalue weighted by molar-refractivity contribution is 5.85. The Hall–Kier alpha value is -5.26. The van der Waals surface area contributed by atoms with Crippen molar-refractivity contribution in [2.75, 3.05) is 37.7 Å². The number of hydrogen-bond donors (Lipinski definition) is 0. The number of halogens is 4. The summed E-state index contributed by atoms with van der Waals surface area (Å²) in [4.78, 5) is 36.1. The minimum atomic E-state index is -5.11. The van der Waals surface area contributed by atoms with Crippen molar-refractivity contribution in [3.8, 4) is 22.9 Å². The topological polar surface area (TPSA) is 126 Å². The van der Waals surface area contributed by atoms with E-state index >= 15 is 0 Å². The second-order valence-corrected chi connectivity index (χ2v) is 9.99. The van der Waals surface area contributed by atoms with Gasteiger partial charge in [-0.3, -0.25) is 9.78 Å². The monoisotopic (exact) mass is 611 g/mol. The summed E-state index contributed by atoms with van der Waals surface area (Å²) in [6.45, 7) is 2.95. The van der Waals surface area contributed by atoms with Gasteiger partial charge < -0.3 is 19.3 Å². The number of pyridine rings is 3. The Morgan fingerprint density at radius 3 is 2.48 bits per heavy atom. The van der Waals surface area contributed by atoms with Gasteiger partial charge in [-0.15, -0.1) is 0 Å². The van der Waals surface area contributed by atoms with E-state index in [1.165, 1.54) is 36.0 Å². The van der Waals surface area contributed by atoms with Crippen LogP contribution in [0.2, 0.25) is 0 Å². The zero-order chi connectivity index (χ0) is 31.4. The molecule has 0 unspecified atom stereocenters. The number of nitriles is 1. The number of carbonyl (C=O) groups excluding carboxylic acids is 2. The highest BCUT2D eigenvalue weighted by Crippen LogP contribution is 2.31. The average molecular weight is 612 g/mol. The number of piperazine rings is 1. The number of amides is 1. The molecule has 0 radical (unpaired) electrons. The molecule has 1 amide bonds. The Morgan fingerprint density at radius 2 is 1.84 bits per heavy atom. The third-order valence-electron chi connectivity index (χ3n) is 6.87. The molecule has 5 rings (SSSR count). The molecule has 1 atom stereocenters. The van der Waals surface area contributed by atoms with Gasteiger partial charge in [0.25, 0.3) is 0 Å². The molecule has 5 heterocycles. The second kappa shape index (κ2) is 12.5. The van der Waals surface area contributed by atoms with E-state index in [4.69, 9.17) is 4.74 Å². The van der Waals surface area contributed by atoms with Crippen LogP contribution in [0, 0.1) is 17.1 Å². The molecule has 1 saturated heterocycles. The molecule has 1 fully saturated rings. The SMILES string of the molecule is C[C@H](COc1cc(-c2ccc(N3CCN(C(=O)Cc4ccc(F)cn4)CC3)nc2)c2c(C#N)cnn2c1)OC(=O)C(F)(F)F. The molecule has 4 aromatic heterocycles. The van der Waals surface area contributed by atoms with Gasteiger partial charge in [-0.1, -0.05) is 0 Å². The van der Waals surface area contributed by atoms with Crippen molar-refractivity contribution in [1.82, 2.24) is 24.5 Å². The van der Waals surface area contributed by atoms with Crippen LogP contribution in [-0.2, 0) is 20.7 Å². The Labute approximate surface area is 248 Å². The van der Waals surface area contributed by atoms with Crippen LogP contribution in [0.25, 0.3) is 16.6 Å². The number of carbonyl (C=O) groups is 2. The van der Waals surface area contributed by atoms with Crippen LogP contribution >= 0.6 is 0 Å². The van der Waals surface area contributed by atoms with Crippen LogP contribution in [0.4, 0.5) is 23.4 Å². The summed E-state index contributed by atoms with van der Waals surface area (Å²) >= 11 is 0. The molecule has 228 valence electrons. The highest BCUT2D eigenvalue weighted by Gasteiger charge is 2.41. The standard InChI is InChI=1S/C29H25F4N7O4/c1-18(44-28(42)29(31,32)33)17-43-23-11-24(27-20(12-34)14-37-40(27)16-23)19-2-5-25(36-13-19)38-6-8-39(9-7-38)26(41)10-22-4-3-21(30)15-35-22/h2-5,11,13-16,18H,6-10,17H2,1H3/t18-/m1/s1. The lowest BCUT2D eigenvalue weighted by molar-refractivity contribution is -0.205. The fraction of sp³-hybridized carbons (Fsp3) is 0.310. The number of fused-ring (bicyclic) bond motifs is 1. The first-order chi connectivity index (χ1) is 21.0. The summed E-state index contributed by atoms with van der Waals surface area (Å²) < 4.78 is 62.1. The van der Waals surface area contributed by atoms with E-state index < -0.39 is 24.1 Å². The molecule has 0 spiro atoms. The predicted octanol–water partition coefficient (Wildman–Crippen LogP) is 3.57. The maximum atomic E-state index is 13.1. The van der Waals surface area contributed by atoms with Crippen molar-refractivity contribution >= 4 is 23.2 Å². The van der Waals surface area contributed by atoms with E-state index in [-0.39, 0.29) is 24.7 Å². The van der Waals surface area contributed by atoms with Crippen molar-refractivity contribution in [3.05, 3.63) is 72.2 Å².